The molecule has 0 aliphatic rings. The maximum atomic E-state index is 5.24. The third-order valence-electron chi connectivity index (χ3n) is 13.4. The summed E-state index contributed by atoms with van der Waals surface area (Å²) >= 11 is 1.85. The van der Waals surface area contributed by atoms with Crippen molar-refractivity contribution in [3.05, 3.63) is 231 Å². The summed E-state index contributed by atoms with van der Waals surface area (Å²) in [6.45, 7) is 0. The molecule has 4 heteroatoms. The molecule has 0 radical (unpaired) electrons. The van der Waals surface area contributed by atoms with E-state index in [0.29, 0.717) is 0 Å². The lowest BCUT2D eigenvalue weighted by Crippen LogP contribution is -2.74. The number of thiophene rings is 1. The normalized spacial score (nSPS) is 12.1. The van der Waals surface area contributed by atoms with Crippen molar-refractivity contribution in [1.82, 2.24) is 9.55 Å². The van der Waals surface area contributed by atoms with Gasteiger partial charge in [0.05, 0.1) is 21.4 Å². The van der Waals surface area contributed by atoms with Gasteiger partial charge in [0.2, 0.25) is 0 Å². The van der Waals surface area contributed by atoms with Crippen LogP contribution < -0.4 is 20.7 Å². The van der Waals surface area contributed by atoms with Crippen molar-refractivity contribution in [2.24, 2.45) is 0 Å². The van der Waals surface area contributed by atoms with Crippen LogP contribution in [0, 0.1) is 0 Å². The second-order valence-corrected chi connectivity index (χ2v) is 21.4. The van der Waals surface area contributed by atoms with Gasteiger partial charge in [-0.25, -0.2) is 0 Å². The molecule has 13 aromatic rings. The van der Waals surface area contributed by atoms with Gasteiger partial charge in [-0.05, 0) is 83.4 Å². The number of pyridine rings is 1. The van der Waals surface area contributed by atoms with E-state index >= 15 is 0 Å². The van der Waals surface area contributed by atoms with Gasteiger partial charge in [0.25, 0.3) is 0 Å². The maximum Gasteiger partial charge on any atom is 0.179 e. The Kier molecular flexibility index (Phi) is 8.14. The molecule has 0 aliphatic carbocycles. The van der Waals surface area contributed by atoms with Gasteiger partial charge in [-0.3, -0.25) is 4.98 Å². The van der Waals surface area contributed by atoms with Crippen LogP contribution in [-0.4, -0.2) is 17.6 Å². The lowest BCUT2D eigenvalue weighted by molar-refractivity contribution is 1.19. The van der Waals surface area contributed by atoms with Crippen LogP contribution in [0.4, 0.5) is 0 Å². The Labute approximate surface area is 369 Å². The largest absolute Gasteiger partial charge is 0.309 e. The molecule has 0 spiro atoms. The Balaban J connectivity index is 1.09. The molecular weight excluding hydrogens is 797 g/mol. The van der Waals surface area contributed by atoms with Crippen LogP contribution in [0.2, 0.25) is 0 Å². The van der Waals surface area contributed by atoms with Crippen molar-refractivity contribution in [3.8, 4) is 16.9 Å². The van der Waals surface area contributed by atoms with Crippen molar-refractivity contribution in [2.45, 2.75) is 0 Å². The minimum atomic E-state index is -2.96. The molecule has 0 amide bonds. The summed E-state index contributed by atoms with van der Waals surface area (Å²) in [5.74, 6) is 0. The fourth-order valence-electron chi connectivity index (χ4n) is 10.7. The third-order valence-corrected chi connectivity index (χ3v) is 19.3. The van der Waals surface area contributed by atoms with Gasteiger partial charge in [0.1, 0.15) is 0 Å². The van der Waals surface area contributed by atoms with Gasteiger partial charge in [-0.15, -0.1) is 11.3 Å². The first kappa shape index (κ1) is 36.1. The van der Waals surface area contributed by atoms with E-state index in [1.807, 2.05) is 17.5 Å². The Bertz CT molecular complexity index is 3830. The van der Waals surface area contributed by atoms with Crippen LogP contribution in [0.3, 0.4) is 0 Å². The number of para-hydroxylation sites is 2. The molecule has 0 saturated heterocycles. The van der Waals surface area contributed by atoms with E-state index in [1.54, 1.807) is 0 Å². The van der Waals surface area contributed by atoms with Crippen LogP contribution in [-0.2, 0) is 0 Å². The smallest absolute Gasteiger partial charge is 0.179 e. The predicted octanol–water partition coefficient (Wildman–Crippen LogP) is 13.1. The summed E-state index contributed by atoms with van der Waals surface area (Å²) in [5, 5.41) is 18.1. The molecule has 0 N–H and O–H groups in total. The van der Waals surface area contributed by atoms with E-state index in [2.05, 4.69) is 229 Å². The molecule has 0 aliphatic heterocycles. The molecule has 0 fully saturated rings. The average molecular weight is 835 g/mol. The second-order valence-electron chi connectivity index (χ2n) is 16.6. The van der Waals surface area contributed by atoms with Crippen LogP contribution in [0.15, 0.2) is 231 Å². The van der Waals surface area contributed by atoms with E-state index in [-0.39, 0.29) is 0 Å². The first-order chi connectivity index (χ1) is 31.3. The monoisotopic (exact) mass is 834 g/mol. The summed E-state index contributed by atoms with van der Waals surface area (Å²) in [4.78, 5) is 5.24. The zero-order valence-electron chi connectivity index (χ0n) is 34.2. The molecule has 10 aromatic carbocycles. The van der Waals surface area contributed by atoms with Crippen molar-refractivity contribution in [3.63, 3.8) is 0 Å². The summed E-state index contributed by atoms with van der Waals surface area (Å²) in [6.07, 6.45) is 2.02. The number of aromatic nitrogens is 2. The van der Waals surface area contributed by atoms with E-state index < -0.39 is 8.07 Å². The van der Waals surface area contributed by atoms with Gasteiger partial charge < -0.3 is 4.57 Å². The Morgan fingerprint density at radius 2 is 0.921 bits per heavy atom. The summed E-state index contributed by atoms with van der Waals surface area (Å²) in [5.41, 5.74) is 5.77. The molecule has 0 atom stereocenters. The number of rotatable bonds is 6. The molecule has 0 bridgehead atoms. The summed E-state index contributed by atoms with van der Waals surface area (Å²) < 4.78 is 4.92. The van der Waals surface area contributed by atoms with Crippen LogP contribution >= 0.6 is 11.3 Å². The SMILES string of the molecule is c1ccc(-n2c3ccccc3c3ccc4sc5c(-c6cccc([Si](c7ccccc7)(c7ccccc7)c7ccc8c9ccccc9c9ccccc9c8c7)c6)nccc5c4c32)cc1. The van der Waals surface area contributed by atoms with Gasteiger partial charge in [-0.1, -0.05) is 194 Å². The standard InChI is InChI=1S/C59H38N2SSi/c1-4-18-40(19-5-1)61-54-30-15-14-29-50(54)51-33-34-55-56(58(51)61)52-35-36-60-57(59(52)62-55)39-17-16-24-43(37-39)63(41-20-6-2-7-21-41,42-22-8-3-9-23-42)44-31-32-49-47-27-11-10-25-45(47)46-26-12-13-28-48(46)53(49)38-44/h1-38H. The third kappa shape index (κ3) is 5.32. The number of hydrogen-bond donors (Lipinski definition) is 0. The van der Waals surface area contributed by atoms with Crippen molar-refractivity contribution >= 4 is 114 Å². The zero-order chi connectivity index (χ0) is 41.5. The Morgan fingerprint density at radius 1 is 0.381 bits per heavy atom. The summed E-state index contributed by atoms with van der Waals surface area (Å²) in [7, 11) is -2.96. The van der Waals surface area contributed by atoms with Gasteiger partial charge in [0.15, 0.2) is 8.07 Å². The number of hydrogen-bond acceptors (Lipinski definition) is 2. The number of nitrogens with zero attached hydrogens (tertiary/aromatic N) is 2. The highest BCUT2D eigenvalue weighted by Crippen LogP contribution is 2.45. The predicted molar refractivity (Wildman–Crippen MR) is 273 cm³/mol. The summed E-state index contributed by atoms with van der Waals surface area (Å²) in [6, 6.07) is 83.5. The lowest BCUT2D eigenvalue weighted by Gasteiger charge is -2.35. The fraction of sp³-hybridized carbons (Fsp3) is 0. The van der Waals surface area contributed by atoms with Gasteiger partial charge in [0, 0.05) is 43.7 Å². The zero-order valence-corrected chi connectivity index (χ0v) is 36.1. The molecule has 3 aromatic heterocycles. The fourth-order valence-corrected chi connectivity index (χ4v) is 16.7. The second kappa shape index (κ2) is 14.2. The quantitative estimate of drug-likeness (QED) is 0.0927. The maximum absolute atomic E-state index is 5.24. The van der Waals surface area contributed by atoms with Gasteiger partial charge in [-0.2, -0.15) is 0 Å². The molecule has 13 rings (SSSR count). The first-order valence-electron chi connectivity index (χ1n) is 21.6. The molecule has 0 unspecified atom stereocenters. The Morgan fingerprint density at radius 3 is 1.60 bits per heavy atom. The minimum Gasteiger partial charge on any atom is -0.309 e. The highest BCUT2D eigenvalue weighted by molar-refractivity contribution is 7.26. The van der Waals surface area contributed by atoms with E-state index in [9.17, 15) is 0 Å². The average Bonchev–Trinajstić information content (AvgIpc) is 3.91. The van der Waals surface area contributed by atoms with Crippen LogP contribution in [0.5, 0.6) is 0 Å². The highest BCUT2D eigenvalue weighted by atomic mass is 32.1. The number of benzene rings is 10. The topological polar surface area (TPSA) is 17.8 Å². The Hall–Kier alpha value is -7.63. The molecule has 63 heavy (non-hydrogen) atoms. The highest BCUT2D eigenvalue weighted by Gasteiger charge is 2.42. The first-order valence-corrected chi connectivity index (χ1v) is 24.4. The molecular formula is C59H38N2SSi. The lowest BCUT2D eigenvalue weighted by atomic mass is 9.94. The molecule has 294 valence electrons. The van der Waals surface area contributed by atoms with E-state index in [1.165, 1.54) is 95.0 Å². The van der Waals surface area contributed by atoms with Crippen molar-refractivity contribution in [2.75, 3.05) is 0 Å². The van der Waals surface area contributed by atoms with Crippen molar-refractivity contribution in [1.29, 1.82) is 0 Å². The minimum absolute atomic E-state index is 1.02. The van der Waals surface area contributed by atoms with Gasteiger partial charge >= 0.3 is 0 Å². The van der Waals surface area contributed by atoms with Crippen LogP contribution in [0.25, 0.3) is 91.2 Å². The molecule has 0 saturated carbocycles. The van der Waals surface area contributed by atoms with E-state index in [0.717, 1.165) is 16.9 Å². The van der Waals surface area contributed by atoms with E-state index in [4.69, 9.17) is 4.98 Å². The molecule has 3 heterocycles. The molecule has 2 nitrogen and oxygen atoms in total. The number of fused-ring (bicyclic) bond motifs is 13. The van der Waals surface area contributed by atoms with Crippen LogP contribution in [0.1, 0.15) is 0 Å². The van der Waals surface area contributed by atoms with Crippen molar-refractivity contribution < 1.29 is 0 Å².